The Labute approximate surface area is 263 Å². The Hall–Kier alpha value is -5.10. The first-order valence-electron chi connectivity index (χ1n) is 11.7. The van der Waals surface area contributed by atoms with Crippen LogP contribution in [0.15, 0.2) is 9.79 Å². The number of nitrogens with zero attached hydrogens (tertiary/aromatic N) is 1. The average Bonchev–Trinajstić information content (AvgIpc) is 3.03. The summed E-state index contributed by atoms with van der Waals surface area (Å²) in [5.41, 5.74) is -5.77. The zero-order valence-electron chi connectivity index (χ0n) is 22.2. The summed E-state index contributed by atoms with van der Waals surface area (Å²) in [6.45, 7) is 0. The molecule has 5 nitrogen and oxygen atoms in total. The summed E-state index contributed by atoms with van der Waals surface area (Å²) in [5, 5.41) is 11.4. The van der Waals surface area contributed by atoms with Crippen molar-refractivity contribution in [3.63, 3.8) is 0 Å². The monoisotopic (exact) mass is 771 g/mol. The minimum absolute atomic E-state index is 1.33. The van der Waals surface area contributed by atoms with Gasteiger partial charge in [-0.1, -0.05) is 11.8 Å². The molecule has 50 heavy (non-hydrogen) atoms. The summed E-state index contributed by atoms with van der Waals surface area (Å²) in [6, 6.07) is 0. The molecule has 0 heterocycles. The van der Waals surface area contributed by atoms with Crippen LogP contribution in [0.2, 0.25) is 0 Å². The molecule has 0 amide bonds. The van der Waals surface area contributed by atoms with Crippen LogP contribution in [-0.2, 0) is 6.18 Å². The first-order valence-corrected chi connectivity index (χ1v) is 12.5. The average molecular weight is 771 g/mol. The molecule has 0 unspecified atom stereocenters. The number of hydrogen-bond acceptors (Lipinski definition) is 5. The number of nitro benzene ring substituents is 1. The van der Waals surface area contributed by atoms with Crippen LogP contribution in [0.5, 0.6) is 23.0 Å². The first kappa shape index (κ1) is 37.7. The zero-order chi connectivity index (χ0) is 38.1. The molecule has 4 aromatic rings. The van der Waals surface area contributed by atoms with E-state index < -0.39 is 160 Å². The van der Waals surface area contributed by atoms with Crippen molar-refractivity contribution in [3.05, 3.63) is 109 Å². The molecule has 25 heteroatoms. The van der Waals surface area contributed by atoms with E-state index in [1.165, 1.54) is 0 Å². The smallest absolute Gasteiger partial charge is 0.422 e. The van der Waals surface area contributed by atoms with E-state index in [4.69, 9.17) is 0 Å². The fraction of sp³-hybridized carbons (Fsp3) is 0.0400. The normalized spacial score (nSPS) is 11.7. The molecule has 0 N–H and O–H groups in total. The van der Waals surface area contributed by atoms with Crippen LogP contribution in [0.1, 0.15) is 5.56 Å². The lowest BCUT2D eigenvalue weighted by Crippen LogP contribution is -2.16. The van der Waals surface area contributed by atoms with Gasteiger partial charge >= 0.3 is 11.9 Å². The molecule has 0 bridgehead atoms. The van der Waals surface area contributed by atoms with Crippen LogP contribution in [0.25, 0.3) is 0 Å². The molecular weight excluding hydrogens is 771 g/mol. The zero-order valence-corrected chi connectivity index (χ0v) is 23.0. The lowest BCUT2D eigenvalue weighted by molar-refractivity contribution is -0.391. The number of halogens is 19. The maximum Gasteiger partial charge on any atom is 0.422 e. The van der Waals surface area contributed by atoms with Gasteiger partial charge in [-0.05, 0) is 0 Å². The molecule has 0 aliphatic carbocycles. The summed E-state index contributed by atoms with van der Waals surface area (Å²) in [4.78, 5) is 4.56. The second-order valence-corrected chi connectivity index (χ2v) is 9.80. The van der Waals surface area contributed by atoms with Crippen molar-refractivity contribution < 1.29 is 97.8 Å². The van der Waals surface area contributed by atoms with E-state index in [2.05, 4.69) is 9.47 Å². The van der Waals surface area contributed by atoms with Crippen molar-refractivity contribution in [1.82, 2.24) is 0 Å². The maximum absolute atomic E-state index is 15.3. The number of alkyl halides is 3. The standard InChI is InChI=1S/C25F19NO4S/c26-2-1(25(42,43)44)3(27)9(33)19(8(2)32)48-21-13(37)15(39)23(16(40)14(21)38)50-24-17(41)22(12(36)7(31)18(24)45(46)47)49-20-10(34)5(29)4(28)6(30)11(20)35. The first-order chi connectivity index (χ1) is 23.0. The van der Waals surface area contributed by atoms with Gasteiger partial charge in [0.05, 0.1) is 9.82 Å². The summed E-state index contributed by atoms with van der Waals surface area (Å²) >= 11 is -1.33. The lowest BCUT2D eigenvalue weighted by Gasteiger charge is -2.17. The van der Waals surface area contributed by atoms with Gasteiger partial charge in [0.25, 0.3) is 0 Å². The minimum Gasteiger partial charge on any atom is -0.445 e. The number of nitro groups is 1. The second-order valence-electron chi connectivity index (χ2n) is 8.78. The Kier molecular flexibility index (Phi) is 9.79. The van der Waals surface area contributed by atoms with Crippen LogP contribution < -0.4 is 9.47 Å². The highest BCUT2D eigenvalue weighted by molar-refractivity contribution is 7.99. The molecule has 0 aromatic heterocycles. The number of ether oxygens (including phenoxy) is 2. The predicted molar refractivity (Wildman–Crippen MR) is 121 cm³/mol. The van der Waals surface area contributed by atoms with Gasteiger partial charge < -0.3 is 9.47 Å². The fourth-order valence-corrected chi connectivity index (χ4v) is 4.66. The van der Waals surface area contributed by atoms with Crippen molar-refractivity contribution in [3.8, 4) is 23.0 Å². The highest BCUT2D eigenvalue weighted by atomic mass is 32.2. The van der Waals surface area contributed by atoms with Gasteiger partial charge in [0.1, 0.15) is 10.5 Å². The molecule has 0 fully saturated rings. The van der Waals surface area contributed by atoms with Gasteiger partial charge in [-0.15, -0.1) is 0 Å². The van der Waals surface area contributed by atoms with Gasteiger partial charge in [0, 0.05) is 0 Å². The van der Waals surface area contributed by atoms with E-state index >= 15 is 4.39 Å². The SMILES string of the molecule is O=[N+]([O-])c1c(F)c(F)c(Oc2c(F)c(F)c(F)c(F)c2F)c(F)c1Sc1c(F)c(F)c(Oc2c(F)c(F)c(C(F)(F)F)c(F)c2F)c(F)c1F. The third kappa shape index (κ3) is 5.91. The Balaban J connectivity index is 1.91. The van der Waals surface area contributed by atoms with Crippen molar-refractivity contribution in [2.75, 3.05) is 0 Å². The van der Waals surface area contributed by atoms with E-state index in [1.807, 2.05) is 0 Å². The Morgan fingerprint density at radius 3 is 1.08 bits per heavy atom. The molecule has 0 atom stereocenters. The summed E-state index contributed by atoms with van der Waals surface area (Å²) in [5.74, 6) is -59.0. The lowest BCUT2D eigenvalue weighted by atomic mass is 10.1. The third-order valence-corrected chi connectivity index (χ3v) is 7.01. The molecule has 0 spiro atoms. The molecule has 0 saturated heterocycles. The molecule has 4 aromatic carbocycles. The van der Waals surface area contributed by atoms with E-state index in [1.54, 1.807) is 0 Å². The van der Waals surface area contributed by atoms with Crippen LogP contribution >= 0.6 is 11.8 Å². The largest absolute Gasteiger partial charge is 0.445 e. The molecular formula is C25F19NO4S. The van der Waals surface area contributed by atoms with E-state index in [-0.39, 0.29) is 0 Å². The van der Waals surface area contributed by atoms with Crippen molar-refractivity contribution in [2.24, 2.45) is 0 Å². The van der Waals surface area contributed by atoms with E-state index in [0.29, 0.717) is 0 Å². The molecule has 4 rings (SSSR count). The van der Waals surface area contributed by atoms with Crippen LogP contribution in [0.3, 0.4) is 0 Å². The Morgan fingerprint density at radius 2 is 0.720 bits per heavy atom. The van der Waals surface area contributed by atoms with E-state index in [9.17, 15) is 89.1 Å². The van der Waals surface area contributed by atoms with Gasteiger partial charge in [0.15, 0.2) is 29.1 Å². The minimum atomic E-state index is -6.14. The van der Waals surface area contributed by atoms with Gasteiger partial charge in [-0.3, -0.25) is 10.1 Å². The van der Waals surface area contributed by atoms with Crippen LogP contribution in [-0.4, -0.2) is 4.92 Å². The highest BCUT2D eigenvalue weighted by Crippen LogP contribution is 2.49. The van der Waals surface area contributed by atoms with Crippen molar-refractivity contribution in [2.45, 2.75) is 16.0 Å². The quantitative estimate of drug-likeness (QED) is 0.0616. The topological polar surface area (TPSA) is 61.6 Å². The number of benzene rings is 4. The Bertz CT molecular complexity index is 2050. The molecule has 0 aliphatic heterocycles. The second kappa shape index (κ2) is 13.0. The number of hydrogen-bond donors (Lipinski definition) is 0. The summed E-state index contributed by atoms with van der Waals surface area (Å²) < 4.78 is 274. The molecule has 0 saturated carbocycles. The van der Waals surface area contributed by atoms with E-state index in [0.717, 1.165) is 0 Å². The molecule has 0 radical (unpaired) electrons. The summed E-state index contributed by atoms with van der Waals surface area (Å²) in [6.07, 6.45) is -6.14. The predicted octanol–water partition coefficient (Wildman–Crippen LogP) is 10.6. The van der Waals surface area contributed by atoms with Crippen molar-refractivity contribution in [1.29, 1.82) is 0 Å². The third-order valence-electron chi connectivity index (χ3n) is 5.87. The highest BCUT2D eigenvalue weighted by Gasteiger charge is 2.44. The maximum atomic E-state index is 15.3. The Morgan fingerprint density at radius 1 is 0.420 bits per heavy atom. The van der Waals surface area contributed by atoms with Gasteiger partial charge in [0.2, 0.25) is 87.0 Å². The molecule has 268 valence electrons. The number of rotatable bonds is 7. The van der Waals surface area contributed by atoms with Crippen LogP contribution in [0.4, 0.5) is 89.1 Å². The van der Waals surface area contributed by atoms with Gasteiger partial charge in [-0.2, -0.15) is 48.3 Å². The van der Waals surface area contributed by atoms with Crippen molar-refractivity contribution >= 4 is 17.4 Å². The molecule has 0 aliphatic rings. The van der Waals surface area contributed by atoms with Crippen LogP contribution in [0, 0.1) is 103 Å². The summed E-state index contributed by atoms with van der Waals surface area (Å²) in [7, 11) is 0. The fourth-order valence-electron chi connectivity index (χ4n) is 3.65. The van der Waals surface area contributed by atoms with Gasteiger partial charge in [-0.25, -0.2) is 35.1 Å².